The number of imidazole rings is 1. The summed E-state index contributed by atoms with van der Waals surface area (Å²) in [7, 11) is 0. The molecule has 102 valence electrons. The Morgan fingerprint density at radius 2 is 2.11 bits per heavy atom. The topological polar surface area (TPSA) is 29.3 Å². The molecular weight excluding hydrogens is 258 g/mol. The molecule has 0 spiro atoms. The van der Waals surface area contributed by atoms with E-state index >= 15 is 0 Å². The van der Waals surface area contributed by atoms with Crippen molar-refractivity contribution in [2.45, 2.75) is 38.6 Å². The number of halogens is 1. The number of pyridine rings is 1. The Hall–Kier alpha value is -1.06. The molecule has 1 N–H and O–H groups in total. The van der Waals surface area contributed by atoms with Gasteiger partial charge in [-0.05, 0) is 31.0 Å². The third-order valence-corrected chi connectivity index (χ3v) is 4.20. The molecule has 0 amide bonds. The van der Waals surface area contributed by atoms with Crippen LogP contribution in [0.5, 0.6) is 0 Å². The number of nitrogens with zero attached hydrogens (tertiary/aromatic N) is 2. The Kier molecular flexibility index (Phi) is 4.04. The molecule has 1 aliphatic rings. The first-order valence-corrected chi connectivity index (χ1v) is 7.53. The second kappa shape index (κ2) is 5.93. The van der Waals surface area contributed by atoms with Gasteiger partial charge in [-0.1, -0.05) is 37.3 Å². The van der Waals surface area contributed by atoms with Gasteiger partial charge in [-0.2, -0.15) is 0 Å². The Balaban J connectivity index is 1.50. The van der Waals surface area contributed by atoms with Crippen molar-refractivity contribution in [1.29, 1.82) is 0 Å². The van der Waals surface area contributed by atoms with Gasteiger partial charge in [0.25, 0.3) is 0 Å². The number of fused-ring (bicyclic) bond motifs is 1. The predicted octanol–water partition coefficient (Wildman–Crippen LogP) is 3.66. The molecule has 0 radical (unpaired) electrons. The molecule has 0 saturated heterocycles. The maximum atomic E-state index is 5.96. The van der Waals surface area contributed by atoms with Crippen LogP contribution in [0.1, 0.15) is 37.8 Å². The van der Waals surface area contributed by atoms with Gasteiger partial charge in [-0.25, -0.2) is 4.98 Å². The summed E-state index contributed by atoms with van der Waals surface area (Å²) in [6.45, 7) is 1.94. The van der Waals surface area contributed by atoms with E-state index in [-0.39, 0.29) is 0 Å². The van der Waals surface area contributed by atoms with Gasteiger partial charge in [0.2, 0.25) is 0 Å². The van der Waals surface area contributed by atoms with Crippen molar-refractivity contribution >= 4 is 17.2 Å². The van der Waals surface area contributed by atoms with Crippen LogP contribution in [0.25, 0.3) is 5.65 Å². The number of nitrogens with one attached hydrogen (secondary N) is 1. The lowest BCUT2D eigenvalue weighted by Crippen LogP contribution is -2.17. The zero-order valence-corrected chi connectivity index (χ0v) is 11.9. The fraction of sp³-hybridized carbons (Fsp3) is 0.533. The maximum Gasteiger partial charge on any atom is 0.137 e. The van der Waals surface area contributed by atoms with E-state index in [1.165, 1.54) is 32.1 Å². The summed E-state index contributed by atoms with van der Waals surface area (Å²) in [5.74, 6) is 0.951. The lowest BCUT2D eigenvalue weighted by Gasteiger charge is -2.08. The predicted molar refractivity (Wildman–Crippen MR) is 78.5 cm³/mol. The fourth-order valence-corrected chi connectivity index (χ4v) is 3.09. The van der Waals surface area contributed by atoms with Gasteiger partial charge < -0.3 is 9.72 Å². The summed E-state index contributed by atoms with van der Waals surface area (Å²) >= 11 is 5.96. The van der Waals surface area contributed by atoms with Gasteiger partial charge in [0, 0.05) is 18.9 Å². The molecule has 3 rings (SSSR count). The monoisotopic (exact) mass is 277 g/mol. The van der Waals surface area contributed by atoms with E-state index in [2.05, 4.69) is 10.3 Å². The minimum absolute atomic E-state index is 0.741. The van der Waals surface area contributed by atoms with E-state index in [1.807, 2.05) is 28.9 Å². The average Bonchev–Trinajstić information content (AvgIpc) is 3.02. The summed E-state index contributed by atoms with van der Waals surface area (Å²) in [4.78, 5) is 4.56. The zero-order chi connectivity index (χ0) is 13.1. The summed E-state index contributed by atoms with van der Waals surface area (Å²) in [5.41, 5.74) is 2.03. The first-order chi connectivity index (χ1) is 9.31. The highest BCUT2D eigenvalue weighted by atomic mass is 35.5. The Labute approximate surface area is 119 Å². The van der Waals surface area contributed by atoms with Crippen LogP contribution in [0.4, 0.5) is 0 Å². The van der Waals surface area contributed by atoms with Gasteiger partial charge >= 0.3 is 0 Å². The minimum atomic E-state index is 0.741. The third kappa shape index (κ3) is 3.28. The zero-order valence-electron chi connectivity index (χ0n) is 11.1. The first kappa shape index (κ1) is 12.9. The van der Waals surface area contributed by atoms with Crippen LogP contribution in [0.2, 0.25) is 5.02 Å². The molecule has 0 bridgehead atoms. The smallest absolute Gasteiger partial charge is 0.137 e. The van der Waals surface area contributed by atoms with Gasteiger partial charge in [0.15, 0.2) is 0 Å². The molecule has 0 aliphatic heterocycles. The van der Waals surface area contributed by atoms with Crippen molar-refractivity contribution in [2.24, 2.45) is 5.92 Å². The normalized spacial score (nSPS) is 16.5. The summed E-state index contributed by atoms with van der Waals surface area (Å²) in [5, 5.41) is 4.24. The quantitative estimate of drug-likeness (QED) is 0.845. The lowest BCUT2D eigenvalue weighted by molar-refractivity contribution is 0.476. The molecule has 1 aliphatic carbocycles. The summed E-state index contributed by atoms with van der Waals surface area (Å²) in [6.07, 6.45) is 11.0. The van der Waals surface area contributed by atoms with Crippen LogP contribution < -0.4 is 5.32 Å². The van der Waals surface area contributed by atoms with Gasteiger partial charge in [0.1, 0.15) is 5.65 Å². The van der Waals surface area contributed by atoms with Gasteiger partial charge in [-0.3, -0.25) is 0 Å². The second-order valence-electron chi connectivity index (χ2n) is 5.46. The molecule has 0 unspecified atom stereocenters. The highest BCUT2D eigenvalue weighted by molar-refractivity contribution is 6.30. The minimum Gasteiger partial charge on any atom is -0.311 e. The van der Waals surface area contributed by atoms with E-state index in [4.69, 9.17) is 11.6 Å². The number of aromatic nitrogens is 2. The third-order valence-electron chi connectivity index (χ3n) is 3.98. The largest absolute Gasteiger partial charge is 0.311 e. The maximum absolute atomic E-state index is 5.96. The summed E-state index contributed by atoms with van der Waals surface area (Å²) in [6, 6.07) is 3.82. The van der Waals surface area contributed by atoms with Crippen molar-refractivity contribution < 1.29 is 0 Å². The second-order valence-corrected chi connectivity index (χ2v) is 5.90. The fourth-order valence-electron chi connectivity index (χ4n) is 2.92. The van der Waals surface area contributed by atoms with E-state index in [1.54, 1.807) is 0 Å². The standard InChI is InChI=1S/C15H20ClN3/c16-13-5-6-15-18-14(11-19(15)10-13)9-17-8-7-12-3-1-2-4-12/h5-6,10-12,17H,1-4,7-9H2. The molecular formula is C15H20ClN3. The first-order valence-electron chi connectivity index (χ1n) is 7.15. The molecule has 2 aromatic heterocycles. The molecule has 2 aromatic rings. The van der Waals surface area contributed by atoms with Gasteiger partial charge in [0.05, 0.1) is 10.7 Å². The number of hydrogen-bond donors (Lipinski definition) is 1. The van der Waals surface area contributed by atoms with Crippen molar-refractivity contribution in [3.63, 3.8) is 0 Å². The summed E-state index contributed by atoms with van der Waals surface area (Å²) < 4.78 is 1.98. The van der Waals surface area contributed by atoms with E-state index in [9.17, 15) is 0 Å². The SMILES string of the molecule is Clc1ccc2nc(CNCCC3CCCC3)cn2c1. The molecule has 0 atom stereocenters. The Morgan fingerprint density at radius 3 is 2.95 bits per heavy atom. The van der Waals surface area contributed by atoms with Gasteiger partial charge in [-0.15, -0.1) is 0 Å². The van der Waals surface area contributed by atoms with E-state index < -0.39 is 0 Å². The van der Waals surface area contributed by atoms with Crippen molar-refractivity contribution in [1.82, 2.24) is 14.7 Å². The lowest BCUT2D eigenvalue weighted by atomic mass is 10.0. The average molecular weight is 278 g/mol. The molecule has 19 heavy (non-hydrogen) atoms. The molecule has 1 saturated carbocycles. The highest BCUT2D eigenvalue weighted by Crippen LogP contribution is 2.26. The molecule has 2 heterocycles. The molecule has 3 nitrogen and oxygen atoms in total. The van der Waals surface area contributed by atoms with Crippen LogP contribution in [0, 0.1) is 5.92 Å². The Bertz CT molecular complexity index is 543. The van der Waals surface area contributed by atoms with Crippen molar-refractivity contribution in [3.8, 4) is 0 Å². The van der Waals surface area contributed by atoms with Crippen LogP contribution >= 0.6 is 11.6 Å². The molecule has 1 fully saturated rings. The van der Waals surface area contributed by atoms with Crippen molar-refractivity contribution in [3.05, 3.63) is 35.2 Å². The Morgan fingerprint density at radius 1 is 1.26 bits per heavy atom. The van der Waals surface area contributed by atoms with E-state index in [0.29, 0.717) is 0 Å². The van der Waals surface area contributed by atoms with Crippen LogP contribution in [-0.2, 0) is 6.54 Å². The number of hydrogen-bond acceptors (Lipinski definition) is 2. The van der Waals surface area contributed by atoms with Crippen LogP contribution in [-0.4, -0.2) is 15.9 Å². The molecule has 4 heteroatoms. The van der Waals surface area contributed by atoms with Crippen LogP contribution in [0.15, 0.2) is 24.5 Å². The van der Waals surface area contributed by atoms with E-state index in [0.717, 1.165) is 35.4 Å². The highest BCUT2D eigenvalue weighted by Gasteiger charge is 2.13. The van der Waals surface area contributed by atoms with Crippen LogP contribution in [0.3, 0.4) is 0 Å². The van der Waals surface area contributed by atoms with Crippen molar-refractivity contribution in [2.75, 3.05) is 6.54 Å². The number of rotatable bonds is 5. The molecule has 0 aromatic carbocycles.